The highest BCUT2D eigenvalue weighted by Crippen LogP contribution is 2.53. The molecule has 3 atom stereocenters. The molecule has 0 bridgehead atoms. The van der Waals surface area contributed by atoms with Gasteiger partial charge in [-0.1, -0.05) is 26.0 Å². The van der Waals surface area contributed by atoms with Gasteiger partial charge in [0.15, 0.2) is 11.2 Å². The summed E-state index contributed by atoms with van der Waals surface area (Å²) in [5.41, 5.74) is 5.95. The normalized spacial score (nSPS) is 19.4. The van der Waals surface area contributed by atoms with Crippen LogP contribution in [0, 0.1) is 11.3 Å². The molecule has 13 nitrogen and oxygen atoms in total. The summed E-state index contributed by atoms with van der Waals surface area (Å²) in [6.45, 7) is 7.01. The van der Waals surface area contributed by atoms with Gasteiger partial charge in [0.25, 0.3) is 13.7 Å². The minimum atomic E-state index is -2.86. The third-order valence-electron chi connectivity index (χ3n) is 6.46. The molecular weight excluding hydrogens is 539 g/mol. The number of aromatic nitrogens is 4. The number of fused-ring (bicyclic) bond motifs is 1. The second-order valence-electron chi connectivity index (χ2n) is 10.6. The maximum Gasteiger partial charge on any atom is 0.323 e. The number of anilines is 1. The first-order valence-corrected chi connectivity index (χ1v) is 14.3. The minimum Gasteiger partial charge on any atom is -0.508 e. The lowest BCUT2D eigenvalue weighted by Gasteiger charge is -2.21. The Hall–Kier alpha value is -3.51. The van der Waals surface area contributed by atoms with E-state index in [-0.39, 0.29) is 48.1 Å². The number of nitrogen functional groups attached to an aromatic ring is 1. The molecular formula is C26H35N6O7P. The van der Waals surface area contributed by atoms with Gasteiger partial charge in [-0.2, -0.15) is 4.98 Å². The smallest absolute Gasteiger partial charge is 0.323 e. The molecule has 1 fully saturated rings. The van der Waals surface area contributed by atoms with E-state index in [9.17, 15) is 24.4 Å². The number of carbonyl (C=O) groups is 1. The molecule has 1 aliphatic carbocycles. The topological polar surface area (TPSA) is 195 Å². The average Bonchev–Trinajstić information content (AvgIpc) is 3.44. The van der Waals surface area contributed by atoms with E-state index in [0.29, 0.717) is 24.2 Å². The van der Waals surface area contributed by atoms with Crippen LogP contribution in [0.3, 0.4) is 0 Å². The van der Waals surface area contributed by atoms with Crippen LogP contribution in [0.5, 0.6) is 5.75 Å². The summed E-state index contributed by atoms with van der Waals surface area (Å²) in [5.74, 6) is -0.0989. The van der Waals surface area contributed by atoms with Crippen LogP contribution < -0.4 is 16.4 Å². The summed E-state index contributed by atoms with van der Waals surface area (Å²) >= 11 is 0. The fraction of sp³-hybridized carbons (Fsp3) is 0.462. The van der Waals surface area contributed by atoms with Crippen molar-refractivity contribution in [3.8, 4) is 17.1 Å². The third-order valence-corrected chi connectivity index (χ3v) is 7.45. The Morgan fingerprint density at radius 1 is 1.32 bits per heavy atom. The van der Waals surface area contributed by atoms with Crippen molar-refractivity contribution < 1.29 is 28.8 Å². The molecule has 216 valence electrons. The van der Waals surface area contributed by atoms with Gasteiger partial charge in [0.1, 0.15) is 17.6 Å². The molecule has 2 heterocycles. The van der Waals surface area contributed by atoms with Crippen LogP contribution in [-0.2, 0) is 18.6 Å². The maximum absolute atomic E-state index is 12.8. The standard InChI is InChI=1S/C26H35N6O7P/c1-14(2)8-19(24(36)39-15(3)4)31-40(37)38-13-26(12-33)10-17(26)11-32-21(16-6-5-7-18(34)9-16)28-20-22(32)29-25(27)30-23(20)35/h5-7,9,11,14-15,19,33-34,40H,8,10,12-13H2,1-4H3,(H,31,37)(H3,27,29,30,35)/b17-11-/t19-,26-/m0/s1. The van der Waals surface area contributed by atoms with Crippen LogP contribution in [0.15, 0.2) is 34.6 Å². The van der Waals surface area contributed by atoms with Gasteiger partial charge >= 0.3 is 5.97 Å². The van der Waals surface area contributed by atoms with Gasteiger partial charge in [-0.05, 0) is 50.3 Å². The monoisotopic (exact) mass is 574 g/mol. The Kier molecular flexibility index (Phi) is 8.79. The molecule has 0 radical (unpaired) electrons. The molecule has 4 rings (SSSR count). The molecule has 0 spiro atoms. The Labute approximate surface area is 231 Å². The average molecular weight is 575 g/mol. The van der Waals surface area contributed by atoms with Crippen molar-refractivity contribution in [2.24, 2.45) is 11.3 Å². The predicted octanol–water partition coefficient (Wildman–Crippen LogP) is 2.66. The van der Waals surface area contributed by atoms with Crippen molar-refractivity contribution in [2.75, 3.05) is 18.9 Å². The SMILES string of the molecule is CC(C)C[C@H](N[PH](=O)OC[C@@]1(CO)C/C1=C/n1c(-c2cccc(O)c2)nc2c(=O)[nH]c(N)nc21)C(=O)OC(C)C. The molecule has 14 heteroatoms. The van der Waals surface area contributed by atoms with Crippen molar-refractivity contribution in [2.45, 2.75) is 52.7 Å². The molecule has 0 aliphatic heterocycles. The minimum absolute atomic E-state index is 0.0142. The first-order valence-electron chi connectivity index (χ1n) is 13.0. The largest absolute Gasteiger partial charge is 0.508 e. The van der Waals surface area contributed by atoms with E-state index >= 15 is 0 Å². The van der Waals surface area contributed by atoms with Crippen LogP contribution in [0.2, 0.25) is 0 Å². The van der Waals surface area contributed by atoms with E-state index in [0.717, 1.165) is 5.57 Å². The Morgan fingerprint density at radius 3 is 2.73 bits per heavy atom. The molecule has 0 amide bonds. The Balaban J connectivity index is 1.58. The van der Waals surface area contributed by atoms with Gasteiger partial charge in [-0.3, -0.25) is 23.7 Å². The highest BCUT2D eigenvalue weighted by Gasteiger charge is 2.49. The summed E-state index contributed by atoms with van der Waals surface area (Å²) in [7, 11) is -2.86. The van der Waals surface area contributed by atoms with Gasteiger partial charge in [0.2, 0.25) is 5.95 Å². The highest BCUT2D eigenvalue weighted by atomic mass is 31.1. The number of H-pyrrole nitrogens is 1. The van der Waals surface area contributed by atoms with Crippen LogP contribution in [0.1, 0.15) is 40.5 Å². The van der Waals surface area contributed by atoms with E-state index in [1.807, 2.05) is 13.8 Å². The summed E-state index contributed by atoms with van der Waals surface area (Å²) in [6, 6.07) is 5.59. The summed E-state index contributed by atoms with van der Waals surface area (Å²) in [4.78, 5) is 36.1. The number of benzene rings is 1. The molecule has 2 aromatic heterocycles. The fourth-order valence-corrected chi connectivity index (χ4v) is 5.38. The number of nitrogens with two attached hydrogens (primary N) is 1. The number of hydrogen-bond donors (Lipinski definition) is 5. The lowest BCUT2D eigenvalue weighted by molar-refractivity contribution is -0.149. The van der Waals surface area contributed by atoms with Crippen molar-refractivity contribution in [1.82, 2.24) is 24.6 Å². The summed E-state index contributed by atoms with van der Waals surface area (Å²) in [6.07, 6.45) is 2.21. The molecule has 40 heavy (non-hydrogen) atoms. The first kappa shape index (κ1) is 29.5. The molecule has 0 saturated heterocycles. The molecule has 6 N–H and O–H groups in total. The zero-order valence-electron chi connectivity index (χ0n) is 22.8. The second kappa shape index (κ2) is 11.9. The van der Waals surface area contributed by atoms with Gasteiger partial charge in [-0.15, -0.1) is 0 Å². The summed E-state index contributed by atoms with van der Waals surface area (Å²) < 4.78 is 25.3. The number of rotatable bonds is 12. The lowest BCUT2D eigenvalue weighted by Crippen LogP contribution is -2.37. The number of ether oxygens (including phenoxy) is 1. The van der Waals surface area contributed by atoms with Crippen LogP contribution >= 0.6 is 8.18 Å². The van der Waals surface area contributed by atoms with Crippen molar-refractivity contribution in [1.29, 1.82) is 0 Å². The van der Waals surface area contributed by atoms with E-state index in [1.165, 1.54) is 12.1 Å². The number of aromatic hydroxyl groups is 1. The van der Waals surface area contributed by atoms with E-state index in [4.69, 9.17) is 15.0 Å². The molecule has 1 aliphatic rings. The second-order valence-corrected chi connectivity index (χ2v) is 11.8. The Morgan fingerprint density at radius 2 is 2.08 bits per heavy atom. The third kappa shape index (κ3) is 6.61. The number of nitrogens with one attached hydrogen (secondary N) is 2. The zero-order valence-corrected chi connectivity index (χ0v) is 23.8. The van der Waals surface area contributed by atoms with Gasteiger partial charge in [0, 0.05) is 17.2 Å². The molecule has 1 aromatic carbocycles. The number of esters is 1. The predicted molar refractivity (Wildman–Crippen MR) is 151 cm³/mol. The van der Waals surface area contributed by atoms with Crippen molar-refractivity contribution in [3.63, 3.8) is 0 Å². The quantitative estimate of drug-likeness (QED) is 0.158. The number of phenolic OH excluding ortho intramolecular Hbond substituents is 1. The summed E-state index contributed by atoms with van der Waals surface area (Å²) in [5, 5.41) is 23.0. The van der Waals surface area contributed by atoms with Crippen molar-refractivity contribution >= 4 is 37.5 Å². The van der Waals surface area contributed by atoms with Gasteiger partial charge < -0.3 is 25.2 Å². The van der Waals surface area contributed by atoms with E-state index in [1.54, 1.807) is 36.7 Å². The first-order chi connectivity index (χ1) is 18.9. The fourth-order valence-electron chi connectivity index (χ4n) is 4.36. The van der Waals surface area contributed by atoms with Crippen LogP contribution in [0.4, 0.5) is 5.95 Å². The number of phenols is 1. The van der Waals surface area contributed by atoms with Crippen LogP contribution in [-0.4, -0.2) is 61.1 Å². The van der Waals surface area contributed by atoms with E-state index < -0.39 is 31.2 Å². The molecule has 1 unspecified atom stereocenters. The number of nitrogens with zero attached hydrogens (tertiary/aromatic N) is 3. The zero-order chi connectivity index (χ0) is 29.2. The Bertz CT molecular complexity index is 1510. The van der Waals surface area contributed by atoms with Gasteiger partial charge in [0.05, 0.1) is 19.3 Å². The van der Waals surface area contributed by atoms with Crippen molar-refractivity contribution in [3.05, 3.63) is 40.2 Å². The number of aromatic amines is 1. The number of aliphatic hydroxyl groups is 1. The molecule has 3 aromatic rings. The number of aliphatic hydroxyl groups excluding tert-OH is 1. The highest BCUT2D eigenvalue weighted by molar-refractivity contribution is 7.36. The van der Waals surface area contributed by atoms with Crippen LogP contribution in [0.25, 0.3) is 28.8 Å². The number of hydrogen-bond acceptors (Lipinski definition) is 10. The van der Waals surface area contributed by atoms with E-state index in [2.05, 4.69) is 20.0 Å². The number of carbonyl (C=O) groups excluding carboxylic acids is 1. The molecule has 1 saturated carbocycles. The maximum atomic E-state index is 12.8. The van der Waals surface area contributed by atoms with Gasteiger partial charge in [-0.25, -0.2) is 10.1 Å². The number of imidazole rings is 1. The lowest BCUT2D eigenvalue weighted by atomic mass is 10.0.